The molecule has 0 heterocycles. The van der Waals surface area contributed by atoms with Gasteiger partial charge < -0.3 is 5.73 Å². The normalized spacial score (nSPS) is 12.5. The molecule has 0 aliphatic heterocycles. The van der Waals surface area contributed by atoms with Gasteiger partial charge >= 0.3 is 0 Å². The van der Waals surface area contributed by atoms with Crippen LogP contribution in [0.15, 0.2) is 0 Å². The van der Waals surface area contributed by atoms with E-state index >= 15 is 0 Å². The number of nitrogens with one attached hydrogen (secondary N) is 1. The third kappa shape index (κ3) is 4.50. The van der Waals surface area contributed by atoms with Crippen LogP contribution in [0.1, 0.15) is 20.3 Å². The molecule has 0 aromatic heterocycles. The molecule has 3 N–H and O–H groups in total. The molecule has 0 rings (SSSR count). The molecule has 0 saturated carbocycles. The first-order valence-corrected chi connectivity index (χ1v) is 3.60. The standard InChI is InChI=1S/C7H14N2O2/c1-3-6(7(8)11)9-4-5(2)10/h6,9H,3-4H2,1-2H3,(H2,8,11). The number of carbonyl (C=O) groups is 2. The molecule has 4 heteroatoms. The van der Waals surface area contributed by atoms with Crippen molar-refractivity contribution in [1.29, 1.82) is 0 Å². The van der Waals surface area contributed by atoms with Gasteiger partial charge in [0.15, 0.2) is 0 Å². The van der Waals surface area contributed by atoms with E-state index < -0.39 is 5.91 Å². The number of nitrogens with two attached hydrogens (primary N) is 1. The highest BCUT2D eigenvalue weighted by Gasteiger charge is 2.11. The molecule has 0 radical (unpaired) electrons. The molecule has 4 nitrogen and oxygen atoms in total. The number of carbonyl (C=O) groups excluding carboxylic acids is 2. The first-order chi connectivity index (χ1) is 5.07. The zero-order valence-electron chi connectivity index (χ0n) is 6.89. The minimum Gasteiger partial charge on any atom is -0.368 e. The van der Waals surface area contributed by atoms with Crippen molar-refractivity contribution in [3.63, 3.8) is 0 Å². The Kier molecular flexibility index (Phi) is 4.45. The first-order valence-electron chi connectivity index (χ1n) is 3.60. The lowest BCUT2D eigenvalue weighted by Gasteiger charge is -2.10. The second-order valence-corrected chi connectivity index (χ2v) is 2.45. The molecule has 1 unspecified atom stereocenters. The van der Waals surface area contributed by atoms with E-state index in [4.69, 9.17) is 5.73 Å². The van der Waals surface area contributed by atoms with Crippen LogP contribution in [0.5, 0.6) is 0 Å². The Morgan fingerprint density at radius 3 is 2.36 bits per heavy atom. The van der Waals surface area contributed by atoms with E-state index in [0.29, 0.717) is 6.42 Å². The molecule has 0 spiro atoms. The van der Waals surface area contributed by atoms with Crippen molar-refractivity contribution in [2.24, 2.45) is 5.73 Å². The fourth-order valence-electron chi connectivity index (χ4n) is 0.713. The summed E-state index contributed by atoms with van der Waals surface area (Å²) < 4.78 is 0. The predicted molar refractivity (Wildman–Crippen MR) is 42.0 cm³/mol. The van der Waals surface area contributed by atoms with Crippen molar-refractivity contribution >= 4 is 11.7 Å². The molecule has 1 atom stereocenters. The summed E-state index contributed by atoms with van der Waals surface area (Å²) >= 11 is 0. The maximum absolute atomic E-state index is 10.6. The number of Topliss-reactive ketones (excluding diaryl/α,β-unsaturated/α-hetero) is 1. The van der Waals surface area contributed by atoms with Gasteiger partial charge in [-0.1, -0.05) is 6.92 Å². The van der Waals surface area contributed by atoms with Crippen molar-refractivity contribution in [1.82, 2.24) is 5.32 Å². The Bertz CT molecular complexity index is 157. The number of primary amides is 1. The van der Waals surface area contributed by atoms with Gasteiger partial charge in [0.05, 0.1) is 12.6 Å². The van der Waals surface area contributed by atoms with Gasteiger partial charge in [-0.3, -0.25) is 14.9 Å². The zero-order chi connectivity index (χ0) is 8.85. The summed E-state index contributed by atoms with van der Waals surface area (Å²) in [4.78, 5) is 21.1. The number of hydrogen-bond acceptors (Lipinski definition) is 3. The van der Waals surface area contributed by atoms with Crippen LogP contribution in [0.3, 0.4) is 0 Å². The maximum atomic E-state index is 10.6. The van der Waals surface area contributed by atoms with Crippen LogP contribution in [-0.2, 0) is 9.59 Å². The number of ketones is 1. The lowest BCUT2D eigenvalue weighted by molar-refractivity contribution is -0.120. The van der Waals surface area contributed by atoms with Crippen LogP contribution >= 0.6 is 0 Å². The Balaban J connectivity index is 3.70. The minimum atomic E-state index is -0.409. The summed E-state index contributed by atoms with van der Waals surface area (Å²) in [6, 6.07) is -0.376. The first kappa shape index (κ1) is 10.1. The van der Waals surface area contributed by atoms with Crippen LogP contribution in [0.2, 0.25) is 0 Å². The van der Waals surface area contributed by atoms with Gasteiger partial charge in [-0.05, 0) is 13.3 Å². The van der Waals surface area contributed by atoms with Crippen LogP contribution in [-0.4, -0.2) is 24.3 Å². The van der Waals surface area contributed by atoms with E-state index in [1.54, 1.807) is 0 Å². The fraction of sp³-hybridized carbons (Fsp3) is 0.714. The minimum absolute atomic E-state index is 0.00435. The summed E-state index contributed by atoms with van der Waals surface area (Å²) in [7, 11) is 0. The van der Waals surface area contributed by atoms with E-state index in [2.05, 4.69) is 5.32 Å². The maximum Gasteiger partial charge on any atom is 0.234 e. The summed E-state index contributed by atoms with van der Waals surface area (Å²) in [5.74, 6) is -0.404. The van der Waals surface area contributed by atoms with E-state index in [9.17, 15) is 9.59 Å². The fourth-order valence-corrected chi connectivity index (χ4v) is 0.713. The van der Waals surface area contributed by atoms with Crippen molar-refractivity contribution in [3.8, 4) is 0 Å². The molecular formula is C7H14N2O2. The SMILES string of the molecule is CCC(NCC(C)=O)C(N)=O. The largest absolute Gasteiger partial charge is 0.368 e. The average molecular weight is 158 g/mol. The third-order valence-electron chi connectivity index (χ3n) is 1.35. The molecule has 0 aromatic rings. The van der Waals surface area contributed by atoms with E-state index in [1.807, 2.05) is 6.92 Å². The molecule has 64 valence electrons. The third-order valence-corrected chi connectivity index (χ3v) is 1.35. The molecule has 0 bridgehead atoms. The molecular weight excluding hydrogens is 144 g/mol. The smallest absolute Gasteiger partial charge is 0.234 e. The number of rotatable bonds is 5. The summed E-state index contributed by atoms with van der Waals surface area (Å²) in [6.45, 7) is 3.50. The Morgan fingerprint density at radius 1 is 1.55 bits per heavy atom. The van der Waals surface area contributed by atoms with Crippen molar-refractivity contribution < 1.29 is 9.59 Å². The molecule has 0 aromatic carbocycles. The van der Waals surface area contributed by atoms with Gasteiger partial charge in [-0.2, -0.15) is 0 Å². The Hall–Kier alpha value is -0.900. The quantitative estimate of drug-likeness (QED) is 0.562. The van der Waals surface area contributed by atoms with Crippen molar-refractivity contribution in [2.45, 2.75) is 26.3 Å². The predicted octanol–water partition coefficient (Wildman–Crippen LogP) is -0.571. The number of amides is 1. The lowest BCUT2D eigenvalue weighted by atomic mass is 10.2. The van der Waals surface area contributed by atoms with Crippen molar-refractivity contribution in [2.75, 3.05) is 6.54 Å². The Morgan fingerprint density at radius 2 is 2.09 bits per heavy atom. The van der Waals surface area contributed by atoms with Crippen LogP contribution in [0.25, 0.3) is 0 Å². The van der Waals surface area contributed by atoms with Gasteiger partial charge in [-0.25, -0.2) is 0 Å². The van der Waals surface area contributed by atoms with Crippen LogP contribution < -0.4 is 11.1 Å². The summed E-state index contributed by atoms with van der Waals surface area (Å²) in [5.41, 5.74) is 5.02. The van der Waals surface area contributed by atoms with Gasteiger partial charge in [0, 0.05) is 0 Å². The second kappa shape index (κ2) is 4.85. The van der Waals surface area contributed by atoms with Gasteiger partial charge in [0.2, 0.25) is 5.91 Å². The van der Waals surface area contributed by atoms with Crippen LogP contribution in [0, 0.1) is 0 Å². The molecule has 0 saturated heterocycles. The van der Waals surface area contributed by atoms with E-state index in [-0.39, 0.29) is 18.4 Å². The van der Waals surface area contributed by atoms with E-state index in [1.165, 1.54) is 6.92 Å². The highest BCUT2D eigenvalue weighted by Crippen LogP contribution is 1.87. The van der Waals surface area contributed by atoms with Gasteiger partial charge in [-0.15, -0.1) is 0 Å². The molecule has 0 aliphatic rings. The number of hydrogen-bond donors (Lipinski definition) is 2. The summed E-state index contributed by atoms with van der Waals surface area (Å²) in [5, 5.41) is 2.74. The van der Waals surface area contributed by atoms with E-state index in [0.717, 1.165) is 0 Å². The summed E-state index contributed by atoms with van der Waals surface area (Å²) in [6.07, 6.45) is 0.614. The highest BCUT2D eigenvalue weighted by molar-refractivity contribution is 5.82. The molecule has 11 heavy (non-hydrogen) atoms. The monoisotopic (exact) mass is 158 g/mol. The van der Waals surface area contributed by atoms with Gasteiger partial charge in [0.25, 0.3) is 0 Å². The molecule has 0 aliphatic carbocycles. The second-order valence-electron chi connectivity index (χ2n) is 2.45. The topological polar surface area (TPSA) is 72.2 Å². The molecule has 1 amide bonds. The zero-order valence-corrected chi connectivity index (χ0v) is 6.89. The Labute approximate surface area is 66.1 Å². The van der Waals surface area contributed by atoms with Crippen LogP contribution in [0.4, 0.5) is 0 Å². The highest BCUT2D eigenvalue weighted by atomic mass is 16.1. The van der Waals surface area contributed by atoms with Gasteiger partial charge in [0.1, 0.15) is 5.78 Å². The van der Waals surface area contributed by atoms with Crippen molar-refractivity contribution in [3.05, 3.63) is 0 Å². The molecule has 0 fully saturated rings. The lowest BCUT2D eigenvalue weighted by Crippen LogP contribution is -2.42. The average Bonchev–Trinajstić information content (AvgIpc) is 1.87.